The normalized spacial score (nSPS) is 17.7. The number of methoxy groups -OCH3 is 2. The number of halogens is 2. The largest absolute Gasteiger partial charge is 0.495 e. The fourth-order valence-electron chi connectivity index (χ4n) is 4.61. The minimum Gasteiger partial charge on any atom is -0.495 e. The maximum absolute atomic E-state index is 12.1. The van der Waals surface area contributed by atoms with Crippen LogP contribution in [0.3, 0.4) is 0 Å². The van der Waals surface area contributed by atoms with Crippen LogP contribution in [0, 0.1) is 5.92 Å². The number of anilines is 1. The second-order valence-electron chi connectivity index (χ2n) is 9.55. The van der Waals surface area contributed by atoms with Gasteiger partial charge in [0.05, 0.1) is 41.7 Å². The van der Waals surface area contributed by atoms with Gasteiger partial charge in [-0.1, -0.05) is 29.8 Å². The average Bonchev–Trinajstić information content (AvgIpc) is 3.28. The van der Waals surface area contributed by atoms with Gasteiger partial charge in [-0.2, -0.15) is 0 Å². The van der Waals surface area contributed by atoms with Gasteiger partial charge < -0.3 is 19.7 Å². The van der Waals surface area contributed by atoms with Crippen molar-refractivity contribution in [3.8, 4) is 22.8 Å². The summed E-state index contributed by atoms with van der Waals surface area (Å²) in [6, 6.07) is 3.50. The first-order valence-corrected chi connectivity index (χ1v) is 13.0. The van der Waals surface area contributed by atoms with Crippen LogP contribution < -0.4 is 14.8 Å². The smallest absolute Gasteiger partial charge is 0.223 e. The van der Waals surface area contributed by atoms with Gasteiger partial charge in [0, 0.05) is 67.8 Å². The molecule has 1 saturated heterocycles. The Morgan fingerprint density at radius 2 is 1.87 bits per heavy atom. The first kappa shape index (κ1) is 28.0. The van der Waals surface area contributed by atoms with E-state index in [0.717, 1.165) is 31.6 Å². The van der Waals surface area contributed by atoms with Crippen LogP contribution in [0.2, 0.25) is 10.0 Å². The topological polar surface area (TPSA) is 92.7 Å². The van der Waals surface area contributed by atoms with Gasteiger partial charge in [0.15, 0.2) is 5.78 Å². The van der Waals surface area contributed by atoms with Crippen molar-refractivity contribution in [1.82, 2.24) is 24.8 Å². The van der Waals surface area contributed by atoms with Crippen LogP contribution >= 0.6 is 23.2 Å². The Morgan fingerprint density at radius 3 is 2.50 bits per heavy atom. The molecule has 2 atom stereocenters. The molecule has 0 spiro atoms. The monoisotopic (exact) mass is 558 g/mol. The predicted molar refractivity (Wildman–Crippen MR) is 152 cm³/mol. The van der Waals surface area contributed by atoms with Crippen LogP contribution in [0.5, 0.6) is 11.5 Å². The summed E-state index contributed by atoms with van der Waals surface area (Å²) in [5.41, 5.74) is 1.71. The number of fused-ring (bicyclic) bond motifs is 1. The van der Waals surface area contributed by atoms with Gasteiger partial charge >= 0.3 is 0 Å². The summed E-state index contributed by atoms with van der Waals surface area (Å²) in [6.45, 7) is 7.13. The van der Waals surface area contributed by atoms with Crippen LogP contribution in [0.15, 0.2) is 37.2 Å². The van der Waals surface area contributed by atoms with Crippen molar-refractivity contribution in [2.24, 2.45) is 5.92 Å². The van der Waals surface area contributed by atoms with Crippen molar-refractivity contribution in [2.45, 2.75) is 12.5 Å². The Hall–Kier alpha value is -2.98. The molecular weight excluding hydrogens is 527 g/mol. The number of benzene rings is 1. The van der Waals surface area contributed by atoms with E-state index in [0.29, 0.717) is 50.7 Å². The molecule has 0 unspecified atom stereocenters. The lowest BCUT2D eigenvalue weighted by Crippen LogP contribution is -2.32. The number of carbonyl (C=O) groups is 1. The highest BCUT2D eigenvalue weighted by Gasteiger charge is 2.34. The number of allylic oxidation sites excluding steroid dienone is 1. The highest BCUT2D eigenvalue weighted by Crippen LogP contribution is 2.45. The molecule has 0 amide bonds. The van der Waals surface area contributed by atoms with Gasteiger partial charge in [0.1, 0.15) is 11.5 Å². The van der Waals surface area contributed by atoms with Gasteiger partial charge in [0.25, 0.3) is 0 Å². The lowest BCUT2D eigenvalue weighted by molar-refractivity contribution is -0.115. The van der Waals surface area contributed by atoms with Crippen LogP contribution in [-0.2, 0) is 4.79 Å². The third-order valence-electron chi connectivity index (χ3n) is 6.68. The molecule has 4 rings (SSSR count). The van der Waals surface area contributed by atoms with E-state index in [4.69, 9.17) is 32.7 Å². The number of aromatic nitrogens is 3. The van der Waals surface area contributed by atoms with E-state index in [9.17, 15) is 4.79 Å². The second kappa shape index (κ2) is 12.3. The molecule has 9 nitrogen and oxygen atoms in total. The molecule has 1 aliphatic heterocycles. The zero-order valence-corrected chi connectivity index (χ0v) is 23.5. The SMILES string of the molecule is C=CC(=O)C[C@H]1CN(CCN(C)C)C[C@H]1Nc1ncc2cc(-c3c(Cl)c(OC)cc(OC)c3Cl)ncc2n1. The van der Waals surface area contributed by atoms with Crippen molar-refractivity contribution in [2.75, 3.05) is 59.8 Å². The number of likely N-dealkylation sites (N-methyl/N-ethyl adjacent to an activating group) is 1. The molecule has 0 radical (unpaired) electrons. The molecule has 1 fully saturated rings. The lowest BCUT2D eigenvalue weighted by atomic mass is 9.97. The summed E-state index contributed by atoms with van der Waals surface area (Å²) in [6.07, 6.45) is 5.22. The van der Waals surface area contributed by atoms with E-state index in [1.54, 1.807) is 18.5 Å². The molecule has 202 valence electrons. The van der Waals surface area contributed by atoms with Crippen molar-refractivity contribution in [1.29, 1.82) is 0 Å². The van der Waals surface area contributed by atoms with Crippen molar-refractivity contribution in [3.63, 3.8) is 0 Å². The molecule has 38 heavy (non-hydrogen) atoms. The van der Waals surface area contributed by atoms with E-state index in [1.807, 2.05) is 6.07 Å². The van der Waals surface area contributed by atoms with Crippen LogP contribution in [0.25, 0.3) is 22.2 Å². The maximum atomic E-state index is 12.1. The molecule has 0 aliphatic carbocycles. The molecule has 0 bridgehead atoms. The Kier molecular flexibility index (Phi) is 9.04. The number of hydrogen-bond donors (Lipinski definition) is 1. The number of nitrogens with zero attached hydrogens (tertiary/aromatic N) is 5. The zero-order chi connectivity index (χ0) is 27.4. The van der Waals surface area contributed by atoms with Crippen LogP contribution in [0.4, 0.5) is 5.95 Å². The highest BCUT2D eigenvalue weighted by atomic mass is 35.5. The quantitative estimate of drug-likeness (QED) is 0.343. The lowest BCUT2D eigenvalue weighted by Gasteiger charge is -2.19. The van der Waals surface area contributed by atoms with Gasteiger partial charge in [-0.3, -0.25) is 14.7 Å². The van der Waals surface area contributed by atoms with Crippen LogP contribution in [0.1, 0.15) is 6.42 Å². The van der Waals surface area contributed by atoms with E-state index in [1.165, 1.54) is 20.3 Å². The summed E-state index contributed by atoms with van der Waals surface area (Å²) in [4.78, 5) is 30.5. The average molecular weight is 559 g/mol. The van der Waals surface area contributed by atoms with Gasteiger partial charge in [0.2, 0.25) is 5.95 Å². The Bertz CT molecular complexity index is 1310. The van der Waals surface area contributed by atoms with Gasteiger partial charge in [-0.05, 0) is 26.2 Å². The number of nitrogens with one attached hydrogen (secondary N) is 1. The molecular formula is C27H32Cl2N6O3. The van der Waals surface area contributed by atoms with Crippen molar-refractivity contribution in [3.05, 3.63) is 47.2 Å². The summed E-state index contributed by atoms with van der Waals surface area (Å²) in [7, 11) is 7.16. The molecule has 2 aromatic heterocycles. The van der Waals surface area contributed by atoms with Gasteiger partial charge in [-0.25, -0.2) is 9.97 Å². The Morgan fingerprint density at radius 1 is 1.16 bits per heavy atom. The third kappa shape index (κ3) is 6.18. The van der Waals surface area contributed by atoms with Crippen molar-refractivity contribution < 1.29 is 14.3 Å². The summed E-state index contributed by atoms with van der Waals surface area (Å²) in [5.74, 6) is 1.53. The van der Waals surface area contributed by atoms with Crippen molar-refractivity contribution >= 4 is 45.8 Å². The Labute approximate surface area is 232 Å². The highest BCUT2D eigenvalue weighted by molar-refractivity contribution is 6.41. The number of hydrogen-bond acceptors (Lipinski definition) is 9. The first-order valence-electron chi connectivity index (χ1n) is 12.3. The predicted octanol–water partition coefficient (Wildman–Crippen LogP) is 4.43. The number of carbonyl (C=O) groups excluding carboxylic acids is 1. The summed E-state index contributed by atoms with van der Waals surface area (Å²) >= 11 is 13.2. The molecule has 11 heteroatoms. The number of ether oxygens (including phenoxy) is 2. The summed E-state index contributed by atoms with van der Waals surface area (Å²) < 4.78 is 10.8. The number of ketones is 1. The standard InChI is InChI=1S/C27H32Cl2N6O3/c1-6-18(36)9-17-14-35(8-7-34(2)3)15-21(17)33-27-31-12-16-10-19(30-13-20(16)32-27)24-25(28)22(37-4)11-23(38-5)26(24)29/h6,10-13,17,21H,1,7-9,14-15H2,2-5H3,(H,31,32,33)/t17-,21+/m0/s1. The van der Waals surface area contributed by atoms with E-state index >= 15 is 0 Å². The molecule has 3 aromatic rings. The minimum atomic E-state index is 0.0348. The van der Waals surface area contributed by atoms with Crippen LogP contribution in [-0.4, -0.2) is 91.1 Å². The van der Waals surface area contributed by atoms with E-state index < -0.39 is 0 Å². The second-order valence-corrected chi connectivity index (χ2v) is 10.3. The molecule has 0 saturated carbocycles. The molecule has 1 aromatic carbocycles. The third-order valence-corrected chi connectivity index (χ3v) is 7.43. The maximum Gasteiger partial charge on any atom is 0.223 e. The van der Waals surface area contributed by atoms with E-state index in [2.05, 4.69) is 50.7 Å². The molecule has 3 heterocycles. The number of rotatable bonds is 11. The molecule has 1 N–H and O–H groups in total. The minimum absolute atomic E-state index is 0.0348. The Balaban J connectivity index is 1.59. The molecule has 1 aliphatic rings. The number of likely N-dealkylation sites (tertiary alicyclic amines) is 1. The fraction of sp³-hybridized carbons (Fsp3) is 0.407. The zero-order valence-electron chi connectivity index (χ0n) is 22.0. The van der Waals surface area contributed by atoms with E-state index in [-0.39, 0.29) is 17.7 Å². The van der Waals surface area contributed by atoms with Gasteiger partial charge in [-0.15, -0.1) is 0 Å². The summed E-state index contributed by atoms with van der Waals surface area (Å²) in [5, 5.41) is 4.90. The first-order chi connectivity index (χ1) is 18.2. The number of pyridine rings is 1. The fourth-order valence-corrected chi connectivity index (χ4v) is 5.31.